The van der Waals surface area contributed by atoms with Gasteiger partial charge in [-0.15, -0.1) is 0 Å². The molecule has 20 heavy (non-hydrogen) atoms. The summed E-state index contributed by atoms with van der Waals surface area (Å²) in [6.45, 7) is 0. The molecule has 4 nitrogen and oxygen atoms in total. The summed E-state index contributed by atoms with van der Waals surface area (Å²) in [7, 11) is -4.22. The minimum Gasteiger partial charge on any atom is -0.508 e. The lowest BCUT2D eigenvalue weighted by atomic mass is 10.2. The Morgan fingerprint density at radius 1 is 1.10 bits per heavy atom. The molecule has 0 amide bonds. The SMILES string of the molecule is Nc1cc(F)c(S(=O)(=O)Cc2cccc(O)c2)c(F)c1. The van der Waals surface area contributed by atoms with Crippen molar-refractivity contribution in [1.29, 1.82) is 0 Å². The maximum Gasteiger partial charge on any atom is 0.188 e. The molecule has 0 radical (unpaired) electrons. The first-order chi connectivity index (χ1) is 9.29. The number of aromatic hydroxyl groups is 1. The van der Waals surface area contributed by atoms with E-state index in [1.54, 1.807) is 0 Å². The summed E-state index contributed by atoms with van der Waals surface area (Å²) in [5.74, 6) is -3.22. The Labute approximate surface area is 114 Å². The van der Waals surface area contributed by atoms with Gasteiger partial charge in [-0.3, -0.25) is 0 Å². The van der Waals surface area contributed by atoms with E-state index in [9.17, 15) is 22.3 Å². The van der Waals surface area contributed by atoms with Crippen LogP contribution in [-0.2, 0) is 15.6 Å². The second-order valence-corrected chi connectivity index (χ2v) is 6.17. The molecule has 0 fully saturated rings. The number of phenolic OH excluding ortho intramolecular Hbond substituents is 1. The van der Waals surface area contributed by atoms with Gasteiger partial charge in [-0.25, -0.2) is 17.2 Å². The van der Waals surface area contributed by atoms with Gasteiger partial charge in [0.2, 0.25) is 0 Å². The molecule has 0 saturated carbocycles. The van der Waals surface area contributed by atoms with Gasteiger partial charge in [0.1, 0.15) is 22.3 Å². The van der Waals surface area contributed by atoms with Crippen LogP contribution in [0, 0.1) is 11.6 Å². The van der Waals surface area contributed by atoms with E-state index in [0.29, 0.717) is 0 Å². The van der Waals surface area contributed by atoms with Gasteiger partial charge in [-0.1, -0.05) is 12.1 Å². The highest BCUT2D eigenvalue weighted by molar-refractivity contribution is 7.90. The molecule has 0 aliphatic heterocycles. The van der Waals surface area contributed by atoms with E-state index in [4.69, 9.17) is 5.73 Å². The van der Waals surface area contributed by atoms with Crippen molar-refractivity contribution in [2.24, 2.45) is 0 Å². The van der Waals surface area contributed by atoms with Gasteiger partial charge in [0.05, 0.1) is 5.75 Å². The van der Waals surface area contributed by atoms with Gasteiger partial charge in [0.25, 0.3) is 0 Å². The fourth-order valence-electron chi connectivity index (χ4n) is 1.81. The van der Waals surface area contributed by atoms with Gasteiger partial charge in [-0.2, -0.15) is 0 Å². The summed E-state index contributed by atoms with van der Waals surface area (Å²) in [4.78, 5) is -1.02. The molecule has 0 saturated heterocycles. The molecule has 0 aromatic heterocycles. The molecular weight excluding hydrogens is 288 g/mol. The molecule has 0 unspecified atom stereocenters. The molecule has 2 aromatic carbocycles. The zero-order valence-corrected chi connectivity index (χ0v) is 11.0. The molecule has 106 valence electrons. The average Bonchev–Trinajstić information content (AvgIpc) is 2.25. The Morgan fingerprint density at radius 2 is 1.70 bits per heavy atom. The number of rotatable bonds is 3. The number of nitrogens with two attached hydrogens (primary N) is 1. The standard InChI is InChI=1S/C13H11F2NO3S/c14-11-5-9(16)6-12(15)13(11)20(18,19)7-8-2-1-3-10(17)4-8/h1-6,17H,7,16H2. The molecule has 0 atom stereocenters. The first kappa shape index (κ1) is 14.3. The third-order valence-corrected chi connectivity index (χ3v) is 4.32. The molecule has 0 heterocycles. The molecule has 2 aromatic rings. The van der Waals surface area contributed by atoms with Crippen molar-refractivity contribution in [2.75, 3.05) is 5.73 Å². The highest BCUT2D eigenvalue weighted by Crippen LogP contribution is 2.25. The van der Waals surface area contributed by atoms with E-state index in [2.05, 4.69) is 0 Å². The van der Waals surface area contributed by atoms with E-state index < -0.39 is 32.1 Å². The molecule has 0 spiro atoms. The summed E-state index contributed by atoms with van der Waals surface area (Å²) in [6.07, 6.45) is 0. The van der Waals surface area contributed by atoms with Crippen molar-refractivity contribution in [2.45, 2.75) is 10.6 Å². The summed E-state index contributed by atoms with van der Waals surface area (Å²) in [5, 5.41) is 9.27. The van der Waals surface area contributed by atoms with Crippen molar-refractivity contribution < 1.29 is 22.3 Å². The van der Waals surface area contributed by atoms with Crippen molar-refractivity contribution in [3.8, 4) is 5.75 Å². The molecule has 0 aliphatic carbocycles. The van der Waals surface area contributed by atoms with Gasteiger partial charge in [0.15, 0.2) is 9.84 Å². The molecular formula is C13H11F2NO3S. The number of hydrogen-bond donors (Lipinski definition) is 2. The third-order valence-electron chi connectivity index (χ3n) is 2.60. The van der Waals surface area contributed by atoms with Crippen LogP contribution in [0.4, 0.5) is 14.5 Å². The van der Waals surface area contributed by atoms with Crippen LogP contribution in [-0.4, -0.2) is 13.5 Å². The molecule has 0 aliphatic rings. The summed E-state index contributed by atoms with van der Waals surface area (Å²) >= 11 is 0. The average molecular weight is 299 g/mol. The quantitative estimate of drug-likeness (QED) is 0.852. The van der Waals surface area contributed by atoms with Crippen molar-refractivity contribution in [3.05, 3.63) is 53.6 Å². The normalized spacial score (nSPS) is 11.5. The predicted octanol–water partition coefficient (Wildman–Crippen LogP) is 2.23. The van der Waals surface area contributed by atoms with E-state index in [0.717, 1.165) is 12.1 Å². The van der Waals surface area contributed by atoms with Crippen LogP contribution >= 0.6 is 0 Å². The largest absolute Gasteiger partial charge is 0.508 e. The van der Waals surface area contributed by atoms with Gasteiger partial charge in [0, 0.05) is 5.69 Å². The minimum absolute atomic E-state index is 0.129. The monoisotopic (exact) mass is 299 g/mol. The van der Waals surface area contributed by atoms with E-state index in [-0.39, 0.29) is 17.0 Å². The minimum atomic E-state index is -4.22. The fraction of sp³-hybridized carbons (Fsp3) is 0.0769. The van der Waals surface area contributed by atoms with Gasteiger partial charge >= 0.3 is 0 Å². The molecule has 2 rings (SSSR count). The van der Waals surface area contributed by atoms with E-state index >= 15 is 0 Å². The Balaban J connectivity index is 2.46. The number of phenols is 1. The lowest BCUT2D eigenvalue weighted by Crippen LogP contribution is -2.10. The highest BCUT2D eigenvalue weighted by Gasteiger charge is 2.25. The smallest absolute Gasteiger partial charge is 0.188 e. The highest BCUT2D eigenvalue weighted by atomic mass is 32.2. The summed E-state index contributed by atoms with van der Waals surface area (Å²) < 4.78 is 51.4. The van der Waals surface area contributed by atoms with Crippen LogP contribution in [0.3, 0.4) is 0 Å². The Morgan fingerprint density at radius 3 is 2.25 bits per heavy atom. The topological polar surface area (TPSA) is 80.4 Å². The second kappa shape index (κ2) is 5.09. The van der Waals surface area contributed by atoms with Crippen LogP contribution < -0.4 is 5.73 Å². The maximum absolute atomic E-state index is 13.6. The Bertz CT molecular complexity index is 737. The van der Waals surface area contributed by atoms with Crippen molar-refractivity contribution >= 4 is 15.5 Å². The second-order valence-electron chi connectivity index (χ2n) is 4.24. The lowest BCUT2D eigenvalue weighted by molar-refractivity contribution is 0.475. The Hall–Kier alpha value is -2.15. The third kappa shape index (κ3) is 2.88. The number of hydrogen-bond acceptors (Lipinski definition) is 4. The van der Waals surface area contributed by atoms with Gasteiger partial charge in [-0.05, 0) is 29.8 Å². The fourth-order valence-corrected chi connectivity index (χ4v) is 3.29. The van der Waals surface area contributed by atoms with E-state index in [1.807, 2.05) is 0 Å². The zero-order chi connectivity index (χ0) is 14.9. The van der Waals surface area contributed by atoms with E-state index in [1.165, 1.54) is 24.3 Å². The predicted molar refractivity (Wildman–Crippen MR) is 69.8 cm³/mol. The van der Waals surface area contributed by atoms with Crippen LogP contribution in [0.5, 0.6) is 5.75 Å². The summed E-state index contributed by atoms with van der Waals surface area (Å²) in [6, 6.07) is 6.95. The Kier molecular flexibility index (Phi) is 3.63. The number of sulfone groups is 1. The lowest BCUT2D eigenvalue weighted by Gasteiger charge is -2.08. The number of nitrogen functional groups attached to an aromatic ring is 1. The number of halogens is 2. The van der Waals surface area contributed by atoms with Crippen molar-refractivity contribution in [3.63, 3.8) is 0 Å². The van der Waals surface area contributed by atoms with Gasteiger partial charge < -0.3 is 10.8 Å². The first-order valence-corrected chi connectivity index (χ1v) is 7.20. The van der Waals surface area contributed by atoms with Crippen LogP contribution in [0.25, 0.3) is 0 Å². The molecule has 7 heteroatoms. The first-order valence-electron chi connectivity index (χ1n) is 5.55. The number of benzene rings is 2. The molecule has 3 N–H and O–H groups in total. The maximum atomic E-state index is 13.6. The summed E-state index contributed by atoms with van der Waals surface area (Å²) in [5.41, 5.74) is 5.26. The van der Waals surface area contributed by atoms with Crippen LogP contribution in [0.2, 0.25) is 0 Å². The molecule has 0 bridgehead atoms. The number of anilines is 1. The zero-order valence-electron chi connectivity index (χ0n) is 10.2. The van der Waals surface area contributed by atoms with Crippen LogP contribution in [0.1, 0.15) is 5.56 Å². The van der Waals surface area contributed by atoms with Crippen molar-refractivity contribution in [1.82, 2.24) is 0 Å². The van der Waals surface area contributed by atoms with Crippen LogP contribution in [0.15, 0.2) is 41.3 Å².